The van der Waals surface area contributed by atoms with Crippen molar-refractivity contribution in [3.8, 4) is 28.6 Å². The third-order valence-corrected chi connectivity index (χ3v) is 8.85. The fourth-order valence-corrected chi connectivity index (χ4v) is 6.80. The lowest BCUT2D eigenvalue weighted by atomic mass is 10.1. The normalized spacial score (nSPS) is 18.1. The van der Waals surface area contributed by atoms with Gasteiger partial charge in [0.25, 0.3) is 5.89 Å². The Morgan fingerprint density at radius 2 is 1.78 bits per heavy atom. The number of ether oxygens (including phenoxy) is 1. The third kappa shape index (κ3) is 6.30. The van der Waals surface area contributed by atoms with E-state index in [1.54, 1.807) is 6.07 Å². The van der Waals surface area contributed by atoms with Gasteiger partial charge in [0.2, 0.25) is 5.82 Å². The molecule has 1 saturated carbocycles. The van der Waals surface area contributed by atoms with Crippen LogP contribution < -0.4 is 10.1 Å². The van der Waals surface area contributed by atoms with Gasteiger partial charge in [-0.25, -0.2) is 0 Å². The minimum atomic E-state index is -3.08. The Balaban J connectivity index is 1.39. The molecule has 8 nitrogen and oxygen atoms in total. The van der Waals surface area contributed by atoms with Crippen LogP contribution in [0.2, 0.25) is 5.02 Å². The smallest absolute Gasteiger partial charge is 0.333 e. The van der Waals surface area contributed by atoms with E-state index in [0.717, 1.165) is 36.1 Å². The SMILES string of the molecule is CCOP(=O)(OCC)[C@H]1CCC(Nc2ccc(-c3nc(-c4ccc(OC(C)C)c(Cl)c4)no3)cc2)C1. The number of nitrogens with zero attached hydrogens (tertiary/aromatic N) is 2. The van der Waals surface area contributed by atoms with E-state index in [1.165, 1.54) is 0 Å². The van der Waals surface area contributed by atoms with E-state index in [0.29, 0.717) is 35.7 Å². The number of anilines is 1. The lowest BCUT2D eigenvalue weighted by Crippen LogP contribution is -2.17. The Labute approximate surface area is 217 Å². The summed E-state index contributed by atoms with van der Waals surface area (Å²) in [6.07, 6.45) is 2.50. The number of hydrogen-bond donors (Lipinski definition) is 1. The highest BCUT2D eigenvalue weighted by atomic mass is 35.5. The number of halogens is 1. The Kier molecular flexibility index (Phi) is 8.73. The van der Waals surface area contributed by atoms with Gasteiger partial charge < -0.3 is 23.6 Å². The molecule has 1 aliphatic rings. The quantitative estimate of drug-likeness (QED) is 0.254. The molecule has 1 unspecified atom stereocenters. The predicted octanol–water partition coefficient (Wildman–Crippen LogP) is 7.44. The second kappa shape index (κ2) is 11.8. The first-order chi connectivity index (χ1) is 17.3. The maximum Gasteiger partial charge on any atom is 0.333 e. The molecule has 0 bridgehead atoms. The first kappa shape index (κ1) is 26.7. The molecule has 2 atom stereocenters. The van der Waals surface area contributed by atoms with Crippen LogP contribution in [0.25, 0.3) is 22.8 Å². The van der Waals surface area contributed by atoms with Gasteiger partial charge >= 0.3 is 7.60 Å². The van der Waals surface area contributed by atoms with Crippen molar-refractivity contribution in [2.45, 2.75) is 64.8 Å². The molecule has 1 heterocycles. The van der Waals surface area contributed by atoms with Gasteiger partial charge in [-0.05, 0) is 89.4 Å². The Morgan fingerprint density at radius 3 is 2.42 bits per heavy atom. The lowest BCUT2D eigenvalue weighted by molar-refractivity contribution is 0.212. The van der Waals surface area contributed by atoms with Gasteiger partial charge in [-0.1, -0.05) is 16.8 Å². The zero-order valence-electron chi connectivity index (χ0n) is 21.1. The summed E-state index contributed by atoms with van der Waals surface area (Å²) in [6.45, 7) is 8.36. The van der Waals surface area contributed by atoms with Crippen LogP contribution in [-0.2, 0) is 13.6 Å². The highest BCUT2D eigenvalue weighted by Crippen LogP contribution is 2.58. The van der Waals surface area contributed by atoms with E-state index in [9.17, 15) is 4.57 Å². The van der Waals surface area contributed by atoms with Crippen molar-refractivity contribution in [3.05, 3.63) is 47.5 Å². The number of benzene rings is 2. The van der Waals surface area contributed by atoms with Crippen molar-refractivity contribution in [3.63, 3.8) is 0 Å². The molecule has 36 heavy (non-hydrogen) atoms. The molecule has 4 rings (SSSR count). The molecule has 1 N–H and O–H groups in total. The fourth-order valence-electron chi connectivity index (χ4n) is 4.38. The summed E-state index contributed by atoms with van der Waals surface area (Å²) in [7, 11) is -3.08. The van der Waals surface area contributed by atoms with E-state index < -0.39 is 7.60 Å². The van der Waals surface area contributed by atoms with Crippen LogP contribution in [0.3, 0.4) is 0 Å². The van der Waals surface area contributed by atoms with Gasteiger partial charge in [-0.15, -0.1) is 0 Å². The van der Waals surface area contributed by atoms with E-state index in [4.69, 9.17) is 29.9 Å². The highest BCUT2D eigenvalue weighted by Gasteiger charge is 2.40. The van der Waals surface area contributed by atoms with Gasteiger partial charge in [0, 0.05) is 22.9 Å². The van der Waals surface area contributed by atoms with Gasteiger partial charge in [0.15, 0.2) is 0 Å². The summed E-state index contributed by atoms with van der Waals surface area (Å²) < 4.78 is 35.4. The summed E-state index contributed by atoms with van der Waals surface area (Å²) in [6, 6.07) is 13.5. The molecule has 1 fully saturated rings. The minimum absolute atomic E-state index is 0.0320. The minimum Gasteiger partial charge on any atom is -0.489 e. The third-order valence-electron chi connectivity index (χ3n) is 5.95. The van der Waals surface area contributed by atoms with Crippen molar-refractivity contribution in [2.24, 2.45) is 0 Å². The molecular weight excluding hydrogens is 501 g/mol. The molecule has 2 aromatic carbocycles. The van der Waals surface area contributed by atoms with Crippen molar-refractivity contribution in [1.82, 2.24) is 10.1 Å². The van der Waals surface area contributed by atoms with Crippen LogP contribution in [0, 0.1) is 0 Å². The van der Waals surface area contributed by atoms with Crippen molar-refractivity contribution >= 4 is 24.9 Å². The average Bonchev–Trinajstić information content (AvgIpc) is 3.52. The zero-order chi connectivity index (χ0) is 25.7. The Bertz CT molecular complexity index is 1190. The first-order valence-corrected chi connectivity index (χ1v) is 14.4. The fraction of sp³-hybridized carbons (Fsp3) is 0.462. The van der Waals surface area contributed by atoms with E-state index in [-0.39, 0.29) is 17.8 Å². The second-order valence-electron chi connectivity index (χ2n) is 9.00. The summed E-state index contributed by atoms with van der Waals surface area (Å²) in [5.41, 5.74) is 2.45. The molecule has 0 saturated heterocycles. The van der Waals surface area contributed by atoms with Crippen LogP contribution in [0.4, 0.5) is 5.69 Å². The molecule has 0 amide bonds. The maximum atomic E-state index is 13.1. The summed E-state index contributed by atoms with van der Waals surface area (Å²) >= 11 is 6.35. The monoisotopic (exact) mass is 533 g/mol. The van der Waals surface area contributed by atoms with Crippen LogP contribution in [0.1, 0.15) is 47.0 Å². The van der Waals surface area contributed by atoms with Crippen LogP contribution in [-0.4, -0.2) is 41.2 Å². The predicted molar refractivity (Wildman–Crippen MR) is 142 cm³/mol. The van der Waals surface area contributed by atoms with Gasteiger partial charge in [-0.3, -0.25) is 4.57 Å². The molecule has 0 spiro atoms. The van der Waals surface area contributed by atoms with Crippen LogP contribution in [0.5, 0.6) is 5.75 Å². The van der Waals surface area contributed by atoms with Crippen molar-refractivity contribution in [2.75, 3.05) is 18.5 Å². The maximum absolute atomic E-state index is 13.1. The first-order valence-electron chi connectivity index (χ1n) is 12.4. The Morgan fingerprint density at radius 1 is 1.08 bits per heavy atom. The largest absolute Gasteiger partial charge is 0.489 e. The zero-order valence-corrected chi connectivity index (χ0v) is 22.7. The molecule has 3 aromatic rings. The second-order valence-corrected chi connectivity index (χ2v) is 11.7. The lowest BCUT2D eigenvalue weighted by Gasteiger charge is -2.23. The number of nitrogens with one attached hydrogen (secondary N) is 1. The van der Waals surface area contributed by atoms with Gasteiger partial charge in [0.05, 0.1) is 30.0 Å². The topological polar surface area (TPSA) is 95.7 Å². The van der Waals surface area contributed by atoms with Gasteiger partial charge in [-0.2, -0.15) is 4.98 Å². The Hall–Kier alpha value is -2.38. The van der Waals surface area contributed by atoms with E-state index >= 15 is 0 Å². The average molecular weight is 534 g/mol. The number of hydrogen-bond acceptors (Lipinski definition) is 8. The summed E-state index contributed by atoms with van der Waals surface area (Å²) in [5, 5.41) is 8.14. The molecule has 10 heteroatoms. The number of aromatic nitrogens is 2. The molecule has 0 radical (unpaired) electrons. The highest BCUT2D eigenvalue weighted by molar-refractivity contribution is 7.54. The van der Waals surface area contributed by atoms with E-state index in [1.807, 2.05) is 64.1 Å². The van der Waals surface area contributed by atoms with E-state index in [2.05, 4.69) is 15.5 Å². The molecule has 1 aliphatic carbocycles. The molecule has 1 aromatic heterocycles. The van der Waals surface area contributed by atoms with Gasteiger partial charge in [0.1, 0.15) is 5.75 Å². The van der Waals surface area contributed by atoms with Crippen LogP contribution >= 0.6 is 19.2 Å². The van der Waals surface area contributed by atoms with Crippen molar-refractivity contribution < 1.29 is 22.9 Å². The summed E-state index contributed by atoms with van der Waals surface area (Å²) in [4.78, 5) is 4.53. The molecule has 0 aliphatic heterocycles. The standard InChI is InChI=1S/C26H33ClN3O5P/c1-5-32-36(31,33-6-2)22-13-12-21(16-22)28-20-10-7-18(8-11-20)26-29-25(30-35-26)19-9-14-24(23(27)15-19)34-17(3)4/h7-11,14-15,17,21-22,28H,5-6,12-13,16H2,1-4H3/t21?,22-/m0/s1. The van der Waals surface area contributed by atoms with Crippen molar-refractivity contribution in [1.29, 1.82) is 0 Å². The van der Waals surface area contributed by atoms with Crippen LogP contribution in [0.15, 0.2) is 47.0 Å². The number of rotatable bonds is 11. The molecular formula is C26H33ClN3O5P. The summed E-state index contributed by atoms with van der Waals surface area (Å²) in [5.74, 6) is 1.50. The molecule has 194 valence electrons.